The van der Waals surface area contributed by atoms with E-state index in [4.69, 9.17) is 0 Å². The van der Waals surface area contributed by atoms with Crippen LogP contribution in [-0.4, -0.2) is 49.0 Å². The van der Waals surface area contributed by atoms with Gasteiger partial charge in [-0.15, -0.1) is 11.3 Å². The molecule has 0 saturated carbocycles. The number of nitro groups is 1. The molecular formula is C17H20N4O3S. The Kier molecular flexibility index (Phi) is 5.00. The van der Waals surface area contributed by atoms with Crippen molar-refractivity contribution in [1.82, 2.24) is 4.90 Å². The molecule has 1 aliphatic rings. The van der Waals surface area contributed by atoms with Crippen LogP contribution in [0.2, 0.25) is 0 Å². The van der Waals surface area contributed by atoms with Gasteiger partial charge in [0.2, 0.25) is 0 Å². The molecule has 1 aromatic heterocycles. The van der Waals surface area contributed by atoms with Gasteiger partial charge in [0.15, 0.2) is 0 Å². The van der Waals surface area contributed by atoms with Gasteiger partial charge in [0.1, 0.15) is 0 Å². The van der Waals surface area contributed by atoms with Crippen molar-refractivity contribution in [3.05, 3.63) is 50.2 Å². The largest absolute Gasteiger partial charge is 0.369 e. The molecule has 0 radical (unpaired) electrons. The van der Waals surface area contributed by atoms with Crippen molar-refractivity contribution >= 4 is 34.3 Å². The third kappa shape index (κ3) is 3.97. The van der Waals surface area contributed by atoms with Crippen molar-refractivity contribution in [2.75, 3.05) is 43.4 Å². The zero-order chi connectivity index (χ0) is 18.0. The Bertz CT molecular complexity index is 780. The summed E-state index contributed by atoms with van der Waals surface area (Å²) in [5.74, 6) is -0.325. The van der Waals surface area contributed by atoms with Crippen molar-refractivity contribution < 1.29 is 9.72 Å². The van der Waals surface area contributed by atoms with E-state index in [9.17, 15) is 14.9 Å². The topological polar surface area (TPSA) is 78.7 Å². The van der Waals surface area contributed by atoms with Crippen LogP contribution in [0, 0.1) is 17.0 Å². The van der Waals surface area contributed by atoms with Gasteiger partial charge in [-0.25, -0.2) is 0 Å². The first-order valence-corrected chi connectivity index (χ1v) is 8.85. The molecule has 8 heteroatoms. The van der Waals surface area contributed by atoms with Gasteiger partial charge >= 0.3 is 0 Å². The molecule has 132 valence electrons. The van der Waals surface area contributed by atoms with Gasteiger partial charge in [-0.3, -0.25) is 14.9 Å². The highest BCUT2D eigenvalue weighted by atomic mass is 32.1. The highest BCUT2D eigenvalue weighted by Gasteiger charge is 2.20. The summed E-state index contributed by atoms with van der Waals surface area (Å²) in [6.45, 7) is 5.69. The lowest BCUT2D eigenvalue weighted by atomic mass is 10.2. The molecule has 3 rings (SSSR count). The van der Waals surface area contributed by atoms with Crippen LogP contribution in [0.1, 0.15) is 14.5 Å². The number of hydrogen-bond acceptors (Lipinski definition) is 6. The molecule has 0 bridgehead atoms. The Labute approximate surface area is 150 Å². The predicted octanol–water partition coefficient (Wildman–Crippen LogP) is 2.97. The normalized spacial score (nSPS) is 15.2. The zero-order valence-electron chi connectivity index (χ0n) is 14.2. The maximum Gasteiger partial charge on any atom is 0.283 e. The van der Waals surface area contributed by atoms with E-state index in [2.05, 4.69) is 22.2 Å². The van der Waals surface area contributed by atoms with Crippen LogP contribution >= 0.6 is 11.3 Å². The smallest absolute Gasteiger partial charge is 0.283 e. The summed E-state index contributed by atoms with van der Waals surface area (Å²) in [4.78, 5) is 28.2. The fourth-order valence-electron chi connectivity index (χ4n) is 2.78. The minimum atomic E-state index is -0.465. The number of nitrogens with zero attached hydrogens (tertiary/aromatic N) is 3. The van der Waals surface area contributed by atoms with E-state index < -0.39 is 4.92 Å². The molecule has 2 heterocycles. The van der Waals surface area contributed by atoms with E-state index in [-0.39, 0.29) is 11.6 Å². The fraction of sp³-hybridized carbons (Fsp3) is 0.353. The number of benzene rings is 1. The second-order valence-electron chi connectivity index (χ2n) is 6.10. The Morgan fingerprint density at radius 1 is 1.20 bits per heavy atom. The third-order valence-electron chi connectivity index (χ3n) is 4.31. The Hall–Kier alpha value is -2.45. The molecule has 0 unspecified atom stereocenters. The van der Waals surface area contributed by atoms with Crippen molar-refractivity contribution in [2.24, 2.45) is 0 Å². The molecule has 25 heavy (non-hydrogen) atoms. The summed E-state index contributed by atoms with van der Waals surface area (Å²) < 4.78 is 0. The predicted molar refractivity (Wildman–Crippen MR) is 99.8 cm³/mol. The minimum absolute atomic E-state index is 0.0134. The SMILES string of the molecule is Cc1sc(C(=O)Nc2ccc(N3CCN(C)CC3)cc2)cc1[N+](=O)[O-]. The van der Waals surface area contributed by atoms with Crippen LogP contribution in [0.4, 0.5) is 17.1 Å². The molecule has 1 N–H and O–H groups in total. The van der Waals surface area contributed by atoms with Gasteiger partial charge in [-0.05, 0) is 38.2 Å². The maximum absolute atomic E-state index is 12.3. The lowest BCUT2D eigenvalue weighted by molar-refractivity contribution is -0.385. The number of hydrogen-bond donors (Lipinski definition) is 1. The van der Waals surface area contributed by atoms with Crippen LogP contribution in [0.3, 0.4) is 0 Å². The van der Waals surface area contributed by atoms with E-state index in [0.29, 0.717) is 15.4 Å². The number of nitrogens with one attached hydrogen (secondary N) is 1. The van der Waals surface area contributed by atoms with Crippen molar-refractivity contribution in [3.8, 4) is 0 Å². The number of amides is 1. The Morgan fingerprint density at radius 2 is 1.84 bits per heavy atom. The highest BCUT2D eigenvalue weighted by molar-refractivity contribution is 7.14. The van der Waals surface area contributed by atoms with E-state index in [1.165, 1.54) is 6.07 Å². The number of anilines is 2. The van der Waals surface area contributed by atoms with Crippen LogP contribution < -0.4 is 10.2 Å². The van der Waals surface area contributed by atoms with Gasteiger partial charge in [0.05, 0.1) is 14.7 Å². The van der Waals surface area contributed by atoms with Crippen molar-refractivity contribution in [3.63, 3.8) is 0 Å². The summed E-state index contributed by atoms with van der Waals surface area (Å²) in [5, 5.41) is 13.7. The average molecular weight is 360 g/mol. The second-order valence-corrected chi connectivity index (χ2v) is 7.36. The number of likely N-dealkylation sites (N-methyl/N-ethyl adjacent to an activating group) is 1. The number of thiophene rings is 1. The number of rotatable bonds is 4. The molecule has 1 fully saturated rings. The average Bonchev–Trinajstić information content (AvgIpc) is 2.99. The first kappa shape index (κ1) is 17.4. The lowest BCUT2D eigenvalue weighted by Crippen LogP contribution is -2.44. The summed E-state index contributed by atoms with van der Waals surface area (Å²) in [5.41, 5.74) is 1.80. The number of carbonyl (C=O) groups excluding carboxylic acids is 1. The first-order valence-electron chi connectivity index (χ1n) is 8.04. The third-order valence-corrected chi connectivity index (χ3v) is 5.34. The Balaban J connectivity index is 1.66. The van der Waals surface area contributed by atoms with Crippen LogP contribution in [-0.2, 0) is 0 Å². The molecule has 0 atom stereocenters. The molecule has 1 amide bonds. The molecule has 0 spiro atoms. The van der Waals surface area contributed by atoms with Gasteiger partial charge in [-0.1, -0.05) is 0 Å². The van der Waals surface area contributed by atoms with Gasteiger partial charge in [0.25, 0.3) is 11.6 Å². The molecule has 0 aliphatic carbocycles. The van der Waals surface area contributed by atoms with E-state index in [1.54, 1.807) is 6.92 Å². The fourth-order valence-corrected chi connectivity index (χ4v) is 3.66. The summed E-state index contributed by atoms with van der Waals surface area (Å²) in [6, 6.07) is 9.03. The Morgan fingerprint density at radius 3 is 2.40 bits per heavy atom. The van der Waals surface area contributed by atoms with E-state index in [1.807, 2.05) is 24.3 Å². The summed E-state index contributed by atoms with van der Waals surface area (Å²) in [6.07, 6.45) is 0. The summed E-state index contributed by atoms with van der Waals surface area (Å²) in [7, 11) is 2.12. The van der Waals surface area contributed by atoms with Crippen LogP contribution in [0.25, 0.3) is 0 Å². The molecule has 1 saturated heterocycles. The maximum atomic E-state index is 12.3. The molecule has 2 aromatic rings. The summed E-state index contributed by atoms with van der Waals surface area (Å²) >= 11 is 1.13. The van der Waals surface area contributed by atoms with Crippen LogP contribution in [0.5, 0.6) is 0 Å². The van der Waals surface area contributed by atoms with Crippen LogP contribution in [0.15, 0.2) is 30.3 Å². The number of piperazine rings is 1. The standard InChI is InChI=1S/C17H20N4O3S/c1-12-15(21(23)24)11-16(25-12)17(22)18-13-3-5-14(6-4-13)20-9-7-19(2)8-10-20/h3-6,11H,7-10H2,1-2H3,(H,18,22). The van der Waals surface area contributed by atoms with Crippen molar-refractivity contribution in [1.29, 1.82) is 0 Å². The monoisotopic (exact) mass is 360 g/mol. The van der Waals surface area contributed by atoms with Gasteiger partial charge in [0, 0.05) is 43.6 Å². The molecular weight excluding hydrogens is 340 g/mol. The number of carbonyl (C=O) groups is 1. The minimum Gasteiger partial charge on any atom is -0.369 e. The second kappa shape index (κ2) is 7.20. The van der Waals surface area contributed by atoms with Gasteiger partial charge < -0.3 is 15.1 Å². The van der Waals surface area contributed by atoms with Crippen molar-refractivity contribution in [2.45, 2.75) is 6.92 Å². The van der Waals surface area contributed by atoms with Gasteiger partial charge in [-0.2, -0.15) is 0 Å². The molecule has 1 aromatic carbocycles. The quantitative estimate of drug-likeness (QED) is 0.670. The first-order chi connectivity index (χ1) is 11.9. The lowest BCUT2D eigenvalue weighted by Gasteiger charge is -2.34. The zero-order valence-corrected chi connectivity index (χ0v) is 15.0. The highest BCUT2D eigenvalue weighted by Crippen LogP contribution is 2.29. The van der Waals surface area contributed by atoms with E-state index in [0.717, 1.165) is 43.2 Å². The molecule has 7 nitrogen and oxygen atoms in total. The number of aryl methyl sites for hydroxylation is 1. The van der Waals surface area contributed by atoms with E-state index >= 15 is 0 Å². The molecule has 1 aliphatic heterocycles.